The Bertz CT molecular complexity index is 485. The van der Waals surface area contributed by atoms with Crippen molar-refractivity contribution in [3.05, 3.63) is 29.3 Å². The molecule has 0 heterocycles. The summed E-state index contributed by atoms with van der Waals surface area (Å²) in [6.45, 7) is 1.42. The topological polar surface area (TPSA) is 78.4 Å². The summed E-state index contributed by atoms with van der Waals surface area (Å²) in [6.07, 6.45) is 3.29. The number of anilines is 1. The van der Waals surface area contributed by atoms with Gasteiger partial charge in [-0.2, -0.15) is 0 Å². The van der Waals surface area contributed by atoms with Crippen molar-refractivity contribution in [1.29, 1.82) is 0 Å². The van der Waals surface area contributed by atoms with Crippen LogP contribution >= 0.6 is 0 Å². The summed E-state index contributed by atoms with van der Waals surface area (Å²) in [6, 6.07) is 4.41. The number of hydrogen-bond donors (Lipinski definition) is 3. The van der Waals surface area contributed by atoms with Gasteiger partial charge in [0.2, 0.25) is 0 Å². The lowest BCUT2D eigenvalue weighted by molar-refractivity contribution is -0.138. The molecule has 1 aromatic rings. The maximum absolute atomic E-state index is 11.5. The van der Waals surface area contributed by atoms with Crippen molar-refractivity contribution >= 4 is 17.7 Å². The molecule has 0 fully saturated rings. The Morgan fingerprint density at radius 3 is 2.72 bits per heavy atom. The maximum atomic E-state index is 11.5. The molecule has 0 spiro atoms. The minimum absolute atomic E-state index is 0.497. The van der Waals surface area contributed by atoms with Gasteiger partial charge in [-0.1, -0.05) is 6.07 Å². The number of amides is 2. The number of aliphatic carboxylic acids is 1. The van der Waals surface area contributed by atoms with Crippen molar-refractivity contribution in [2.75, 3.05) is 5.32 Å². The molecule has 2 rings (SSSR count). The van der Waals surface area contributed by atoms with E-state index < -0.39 is 18.0 Å². The number of rotatable bonds is 3. The molecule has 0 saturated carbocycles. The average Bonchev–Trinajstić information content (AvgIpc) is 2.75. The number of aryl methyl sites for hydroxylation is 2. The molecule has 1 aliphatic rings. The van der Waals surface area contributed by atoms with E-state index in [2.05, 4.69) is 10.6 Å². The van der Waals surface area contributed by atoms with Crippen molar-refractivity contribution in [2.45, 2.75) is 32.2 Å². The number of hydrogen-bond acceptors (Lipinski definition) is 2. The molecular formula is C13H16N2O3. The van der Waals surface area contributed by atoms with Crippen LogP contribution in [0.15, 0.2) is 18.2 Å². The Balaban J connectivity index is 1.97. The van der Waals surface area contributed by atoms with E-state index in [0.29, 0.717) is 5.69 Å². The zero-order valence-electron chi connectivity index (χ0n) is 10.2. The summed E-state index contributed by atoms with van der Waals surface area (Å²) in [5, 5.41) is 13.7. The summed E-state index contributed by atoms with van der Waals surface area (Å²) in [4.78, 5) is 22.1. The van der Waals surface area contributed by atoms with Gasteiger partial charge in [-0.05, 0) is 49.4 Å². The van der Waals surface area contributed by atoms with E-state index in [4.69, 9.17) is 5.11 Å². The molecule has 1 atom stereocenters. The van der Waals surface area contributed by atoms with E-state index in [0.717, 1.165) is 19.3 Å². The first kappa shape index (κ1) is 12.4. The van der Waals surface area contributed by atoms with Gasteiger partial charge in [-0.25, -0.2) is 4.79 Å². The number of benzene rings is 1. The van der Waals surface area contributed by atoms with E-state index in [1.807, 2.05) is 18.2 Å². The Kier molecular flexibility index (Phi) is 3.50. The molecule has 18 heavy (non-hydrogen) atoms. The van der Waals surface area contributed by atoms with Crippen LogP contribution in [-0.2, 0) is 17.6 Å². The van der Waals surface area contributed by atoms with E-state index in [1.165, 1.54) is 18.1 Å². The Labute approximate surface area is 105 Å². The lowest BCUT2D eigenvalue weighted by Crippen LogP contribution is -2.40. The highest BCUT2D eigenvalue weighted by atomic mass is 16.4. The second-order valence-corrected chi connectivity index (χ2v) is 4.50. The Morgan fingerprint density at radius 1 is 1.28 bits per heavy atom. The second kappa shape index (κ2) is 5.08. The summed E-state index contributed by atoms with van der Waals surface area (Å²) in [5.74, 6) is -1.06. The number of urea groups is 1. The molecule has 0 aromatic heterocycles. The lowest BCUT2D eigenvalue weighted by atomic mass is 10.1. The van der Waals surface area contributed by atoms with Gasteiger partial charge in [-0.15, -0.1) is 0 Å². The highest BCUT2D eigenvalue weighted by Gasteiger charge is 2.15. The van der Waals surface area contributed by atoms with Crippen LogP contribution in [0.4, 0.5) is 10.5 Å². The molecule has 0 bridgehead atoms. The average molecular weight is 248 g/mol. The first-order valence-electron chi connectivity index (χ1n) is 5.98. The lowest BCUT2D eigenvalue weighted by Gasteiger charge is -2.11. The van der Waals surface area contributed by atoms with Crippen LogP contribution in [0.3, 0.4) is 0 Å². The SMILES string of the molecule is CC(NC(=O)Nc1ccc2c(c1)CCC2)C(=O)O. The standard InChI is InChI=1S/C13H16N2O3/c1-8(12(16)17)14-13(18)15-11-6-5-9-3-2-4-10(9)7-11/h5-8H,2-4H2,1H3,(H,16,17)(H2,14,15,18). The molecule has 3 N–H and O–H groups in total. The van der Waals surface area contributed by atoms with Crippen LogP contribution < -0.4 is 10.6 Å². The van der Waals surface area contributed by atoms with Gasteiger partial charge in [0.05, 0.1) is 0 Å². The molecule has 0 saturated heterocycles. The molecule has 0 aliphatic heterocycles. The maximum Gasteiger partial charge on any atom is 0.325 e. The molecule has 1 aliphatic carbocycles. The normalized spacial score (nSPS) is 14.7. The molecule has 1 aromatic carbocycles. The minimum Gasteiger partial charge on any atom is -0.480 e. The third-order valence-electron chi connectivity index (χ3n) is 3.07. The van der Waals surface area contributed by atoms with Crippen LogP contribution in [0.5, 0.6) is 0 Å². The quantitative estimate of drug-likeness (QED) is 0.762. The van der Waals surface area contributed by atoms with E-state index in [9.17, 15) is 9.59 Å². The minimum atomic E-state index is -1.06. The molecule has 5 heteroatoms. The fraction of sp³-hybridized carbons (Fsp3) is 0.385. The van der Waals surface area contributed by atoms with Gasteiger partial charge in [0, 0.05) is 5.69 Å². The third-order valence-corrected chi connectivity index (χ3v) is 3.07. The van der Waals surface area contributed by atoms with E-state index in [-0.39, 0.29) is 0 Å². The zero-order valence-corrected chi connectivity index (χ0v) is 10.2. The first-order valence-corrected chi connectivity index (χ1v) is 5.98. The Hall–Kier alpha value is -2.04. The van der Waals surface area contributed by atoms with Gasteiger partial charge in [-0.3, -0.25) is 4.79 Å². The number of carboxylic acid groups (broad SMARTS) is 1. The molecule has 2 amide bonds. The number of nitrogens with one attached hydrogen (secondary N) is 2. The third kappa shape index (κ3) is 2.80. The predicted molar refractivity (Wildman–Crippen MR) is 67.7 cm³/mol. The molecule has 96 valence electrons. The van der Waals surface area contributed by atoms with Crippen molar-refractivity contribution in [1.82, 2.24) is 5.32 Å². The van der Waals surface area contributed by atoms with Crippen molar-refractivity contribution in [2.24, 2.45) is 0 Å². The van der Waals surface area contributed by atoms with Crippen molar-refractivity contribution < 1.29 is 14.7 Å². The monoisotopic (exact) mass is 248 g/mol. The predicted octanol–water partition coefficient (Wildman–Crippen LogP) is 1.77. The number of carboxylic acids is 1. The van der Waals surface area contributed by atoms with Crippen molar-refractivity contribution in [3.8, 4) is 0 Å². The van der Waals surface area contributed by atoms with Gasteiger partial charge in [0.15, 0.2) is 0 Å². The van der Waals surface area contributed by atoms with E-state index >= 15 is 0 Å². The molecular weight excluding hydrogens is 232 g/mol. The number of fused-ring (bicyclic) bond motifs is 1. The summed E-state index contributed by atoms with van der Waals surface area (Å²) in [7, 11) is 0. The molecule has 1 unspecified atom stereocenters. The first-order chi connectivity index (χ1) is 8.56. The van der Waals surface area contributed by atoms with Crippen LogP contribution in [-0.4, -0.2) is 23.1 Å². The summed E-state index contributed by atoms with van der Waals surface area (Å²) in [5.41, 5.74) is 3.30. The summed E-state index contributed by atoms with van der Waals surface area (Å²) < 4.78 is 0. The van der Waals surface area contributed by atoms with Gasteiger partial charge < -0.3 is 15.7 Å². The van der Waals surface area contributed by atoms with Crippen LogP contribution in [0.2, 0.25) is 0 Å². The zero-order chi connectivity index (χ0) is 13.1. The summed E-state index contributed by atoms with van der Waals surface area (Å²) >= 11 is 0. The second-order valence-electron chi connectivity index (χ2n) is 4.50. The smallest absolute Gasteiger partial charge is 0.325 e. The number of carbonyl (C=O) groups is 2. The van der Waals surface area contributed by atoms with Crippen molar-refractivity contribution in [3.63, 3.8) is 0 Å². The highest BCUT2D eigenvalue weighted by molar-refractivity contribution is 5.92. The van der Waals surface area contributed by atoms with Gasteiger partial charge >= 0.3 is 12.0 Å². The number of carbonyl (C=O) groups excluding carboxylic acids is 1. The fourth-order valence-electron chi connectivity index (χ4n) is 2.08. The Morgan fingerprint density at radius 2 is 2.00 bits per heavy atom. The van der Waals surface area contributed by atoms with Crippen LogP contribution in [0, 0.1) is 0 Å². The van der Waals surface area contributed by atoms with E-state index in [1.54, 1.807) is 0 Å². The fourth-order valence-corrected chi connectivity index (χ4v) is 2.08. The molecule has 0 radical (unpaired) electrons. The van der Waals surface area contributed by atoms with Gasteiger partial charge in [0.25, 0.3) is 0 Å². The van der Waals surface area contributed by atoms with Gasteiger partial charge in [0.1, 0.15) is 6.04 Å². The van der Waals surface area contributed by atoms with Crippen LogP contribution in [0.25, 0.3) is 0 Å². The highest BCUT2D eigenvalue weighted by Crippen LogP contribution is 2.24. The van der Waals surface area contributed by atoms with Crippen LogP contribution in [0.1, 0.15) is 24.5 Å². The largest absolute Gasteiger partial charge is 0.480 e. The molecule has 5 nitrogen and oxygen atoms in total.